The summed E-state index contributed by atoms with van der Waals surface area (Å²) in [4.78, 5) is -0.00339. The van der Waals surface area contributed by atoms with Gasteiger partial charge in [-0.25, -0.2) is 8.42 Å². The fourth-order valence-corrected chi connectivity index (χ4v) is 3.59. The van der Waals surface area contributed by atoms with Gasteiger partial charge in [0.05, 0.1) is 17.3 Å². The molecular weight excluding hydrogens is 321 g/mol. The van der Waals surface area contributed by atoms with Gasteiger partial charge in [0.2, 0.25) is 10.0 Å². The molecule has 0 unspecified atom stereocenters. The topological polar surface area (TPSA) is 55.2 Å². The Morgan fingerprint density at radius 1 is 1.30 bits per heavy atom. The molecule has 5 nitrogen and oxygen atoms in total. The van der Waals surface area contributed by atoms with Gasteiger partial charge in [0.1, 0.15) is 4.90 Å². The van der Waals surface area contributed by atoms with Crippen molar-refractivity contribution in [3.8, 4) is 0 Å². The first kappa shape index (κ1) is 15.3. The average Bonchev–Trinajstić information content (AvgIpc) is 2.78. The number of halogens is 2. The van der Waals surface area contributed by atoms with Crippen LogP contribution in [0.2, 0.25) is 10.0 Å². The minimum Gasteiger partial charge on any atom is -0.271 e. The Balaban J connectivity index is 2.35. The summed E-state index contributed by atoms with van der Waals surface area (Å²) in [7, 11) is -0.471. The van der Waals surface area contributed by atoms with Gasteiger partial charge in [-0.2, -0.15) is 9.40 Å². The number of nitrogens with zero attached hydrogens (tertiary/aromatic N) is 3. The van der Waals surface area contributed by atoms with E-state index in [0.717, 1.165) is 5.69 Å². The molecule has 8 heteroatoms. The summed E-state index contributed by atoms with van der Waals surface area (Å²) in [6.07, 6.45) is 1.61. The molecule has 0 N–H and O–H groups in total. The van der Waals surface area contributed by atoms with Crippen molar-refractivity contribution in [2.75, 3.05) is 7.05 Å². The molecule has 0 bridgehead atoms. The molecule has 0 fully saturated rings. The van der Waals surface area contributed by atoms with Crippen LogP contribution in [0.5, 0.6) is 0 Å². The van der Waals surface area contributed by atoms with Crippen molar-refractivity contribution in [2.24, 2.45) is 7.05 Å². The van der Waals surface area contributed by atoms with Crippen molar-refractivity contribution >= 4 is 33.2 Å². The number of rotatable bonds is 4. The Labute approximate surface area is 127 Å². The Bertz CT molecular complexity index is 728. The monoisotopic (exact) mass is 333 g/mol. The molecule has 0 amide bonds. The molecular formula is C12H13Cl2N3O2S. The first-order valence-corrected chi connectivity index (χ1v) is 7.90. The molecule has 0 aliphatic rings. The molecule has 0 atom stereocenters. The van der Waals surface area contributed by atoms with E-state index in [1.165, 1.54) is 23.5 Å². The average molecular weight is 334 g/mol. The zero-order valence-electron chi connectivity index (χ0n) is 10.9. The maximum atomic E-state index is 12.5. The fourth-order valence-electron chi connectivity index (χ4n) is 1.71. The summed E-state index contributed by atoms with van der Waals surface area (Å²) in [6.45, 7) is 0.196. The van der Waals surface area contributed by atoms with Gasteiger partial charge in [0.25, 0.3) is 0 Å². The molecule has 108 valence electrons. The quantitative estimate of drug-likeness (QED) is 0.863. The molecule has 0 saturated heterocycles. The van der Waals surface area contributed by atoms with Gasteiger partial charge in [-0.15, -0.1) is 0 Å². The van der Waals surface area contributed by atoms with Gasteiger partial charge < -0.3 is 0 Å². The summed E-state index contributed by atoms with van der Waals surface area (Å²) in [6, 6.07) is 6.11. The second-order valence-electron chi connectivity index (χ2n) is 4.28. The first-order chi connectivity index (χ1) is 9.32. The summed E-state index contributed by atoms with van der Waals surface area (Å²) in [5.74, 6) is 0. The van der Waals surface area contributed by atoms with E-state index < -0.39 is 10.0 Å². The van der Waals surface area contributed by atoms with Gasteiger partial charge in [0.15, 0.2) is 0 Å². The van der Waals surface area contributed by atoms with E-state index in [1.54, 1.807) is 30.1 Å². The van der Waals surface area contributed by atoms with Gasteiger partial charge in [0, 0.05) is 25.3 Å². The Hall–Kier alpha value is -1.08. The van der Waals surface area contributed by atoms with Gasteiger partial charge in [-0.3, -0.25) is 4.68 Å². The predicted octanol–water partition coefficient (Wildman–Crippen LogP) is 2.55. The van der Waals surface area contributed by atoms with Crippen LogP contribution in [0, 0.1) is 0 Å². The molecule has 1 aromatic carbocycles. The van der Waals surface area contributed by atoms with Crippen molar-refractivity contribution in [3.63, 3.8) is 0 Å². The number of aryl methyl sites for hydroxylation is 1. The third-order valence-corrected chi connectivity index (χ3v) is 5.41. The van der Waals surface area contributed by atoms with E-state index in [9.17, 15) is 8.42 Å². The van der Waals surface area contributed by atoms with Crippen LogP contribution >= 0.6 is 23.2 Å². The molecule has 0 saturated carbocycles. The van der Waals surface area contributed by atoms with Crippen LogP contribution in [0.15, 0.2) is 35.4 Å². The number of aromatic nitrogens is 2. The molecule has 2 aromatic rings. The largest absolute Gasteiger partial charge is 0.271 e. The molecule has 20 heavy (non-hydrogen) atoms. The van der Waals surface area contributed by atoms with Crippen LogP contribution < -0.4 is 0 Å². The van der Waals surface area contributed by atoms with Crippen LogP contribution in [0.25, 0.3) is 0 Å². The van der Waals surface area contributed by atoms with E-state index >= 15 is 0 Å². The predicted molar refractivity (Wildman–Crippen MR) is 78.3 cm³/mol. The number of sulfonamides is 1. The van der Waals surface area contributed by atoms with Crippen LogP contribution in [0.1, 0.15) is 5.69 Å². The van der Waals surface area contributed by atoms with E-state index in [1.807, 2.05) is 0 Å². The van der Waals surface area contributed by atoms with Gasteiger partial charge in [-0.05, 0) is 24.3 Å². The highest BCUT2D eigenvalue weighted by molar-refractivity contribution is 7.89. The number of benzene rings is 1. The summed E-state index contributed by atoms with van der Waals surface area (Å²) >= 11 is 11.8. The smallest absolute Gasteiger partial charge is 0.244 e. The van der Waals surface area contributed by atoms with E-state index in [4.69, 9.17) is 23.2 Å². The zero-order valence-corrected chi connectivity index (χ0v) is 13.2. The second kappa shape index (κ2) is 5.73. The minimum atomic E-state index is -3.71. The molecule has 1 heterocycles. The maximum absolute atomic E-state index is 12.5. The van der Waals surface area contributed by atoms with Gasteiger partial charge in [-0.1, -0.05) is 23.2 Å². The van der Waals surface area contributed by atoms with Crippen LogP contribution in [0.3, 0.4) is 0 Å². The maximum Gasteiger partial charge on any atom is 0.244 e. The number of hydrogen-bond acceptors (Lipinski definition) is 3. The Morgan fingerprint density at radius 2 is 2.00 bits per heavy atom. The summed E-state index contributed by atoms with van der Waals surface area (Å²) in [5, 5.41) is 4.47. The standard InChI is InChI=1S/C12H13Cl2N3O2S/c1-16(8-10-5-6-15-17(10)2)20(18,19)12-7-9(13)3-4-11(12)14/h3-7H,8H2,1-2H3. The number of hydrogen-bond donors (Lipinski definition) is 0. The van der Waals surface area contributed by atoms with Crippen LogP contribution in [-0.4, -0.2) is 29.6 Å². The highest BCUT2D eigenvalue weighted by Crippen LogP contribution is 2.27. The minimum absolute atomic E-state index is 0.00339. The lowest BCUT2D eigenvalue weighted by molar-refractivity contribution is 0.453. The van der Waals surface area contributed by atoms with E-state index in [-0.39, 0.29) is 16.5 Å². The first-order valence-electron chi connectivity index (χ1n) is 5.70. The third-order valence-electron chi connectivity index (χ3n) is 2.89. The Morgan fingerprint density at radius 3 is 2.60 bits per heavy atom. The van der Waals surface area contributed by atoms with Crippen LogP contribution in [0.4, 0.5) is 0 Å². The lowest BCUT2D eigenvalue weighted by Crippen LogP contribution is -2.27. The highest BCUT2D eigenvalue weighted by Gasteiger charge is 2.24. The van der Waals surface area contributed by atoms with Crippen molar-refractivity contribution in [3.05, 3.63) is 46.2 Å². The molecule has 0 aliphatic heterocycles. The van der Waals surface area contributed by atoms with Crippen molar-refractivity contribution in [2.45, 2.75) is 11.4 Å². The van der Waals surface area contributed by atoms with Crippen molar-refractivity contribution in [1.29, 1.82) is 0 Å². The fraction of sp³-hybridized carbons (Fsp3) is 0.250. The Kier molecular flexibility index (Phi) is 4.39. The molecule has 0 spiro atoms. The summed E-state index contributed by atoms with van der Waals surface area (Å²) in [5.41, 5.74) is 0.772. The molecule has 1 aromatic heterocycles. The second-order valence-corrected chi connectivity index (χ2v) is 7.14. The normalized spacial score (nSPS) is 12.1. The lowest BCUT2D eigenvalue weighted by atomic mass is 10.4. The van der Waals surface area contributed by atoms with Crippen molar-refractivity contribution in [1.82, 2.24) is 14.1 Å². The summed E-state index contributed by atoms with van der Waals surface area (Å²) < 4.78 is 27.8. The van der Waals surface area contributed by atoms with Crippen molar-refractivity contribution < 1.29 is 8.42 Å². The van der Waals surface area contributed by atoms with Gasteiger partial charge >= 0.3 is 0 Å². The third kappa shape index (κ3) is 2.98. The highest BCUT2D eigenvalue weighted by atomic mass is 35.5. The lowest BCUT2D eigenvalue weighted by Gasteiger charge is -2.18. The van der Waals surface area contributed by atoms with E-state index in [2.05, 4.69) is 5.10 Å². The molecule has 0 aliphatic carbocycles. The molecule has 2 rings (SSSR count). The SMILES string of the molecule is CN(Cc1ccnn1C)S(=O)(=O)c1cc(Cl)ccc1Cl. The molecule has 0 radical (unpaired) electrons. The van der Waals surface area contributed by atoms with Crippen LogP contribution in [-0.2, 0) is 23.6 Å². The zero-order chi connectivity index (χ0) is 14.9. The van der Waals surface area contributed by atoms with E-state index in [0.29, 0.717) is 5.02 Å².